The van der Waals surface area contributed by atoms with E-state index in [4.69, 9.17) is 5.11 Å². The van der Waals surface area contributed by atoms with Gasteiger partial charge in [0.1, 0.15) is 4.21 Å². The van der Waals surface area contributed by atoms with Crippen molar-refractivity contribution >= 4 is 27.1 Å². The molecule has 1 N–H and O–H groups in total. The molecule has 0 radical (unpaired) electrons. The second-order valence-corrected chi connectivity index (χ2v) is 5.72. The van der Waals surface area contributed by atoms with Crippen LogP contribution in [0.25, 0.3) is 0 Å². The molecular weight excluding hydrogens is 212 g/mol. The van der Waals surface area contributed by atoms with Crippen molar-refractivity contribution in [1.29, 1.82) is 0 Å². The predicted molar refractivity (Wildman–Crippen MR) is 49.0 cm³/mol. The Morgan fingerprint density at radius 3 is 2.69 bits per heavy atom. The third-order valence-corrected chi connectivity index (χ3v) is 4.82. The first-order chi connectivity index (χ1) is 5.99. The zero-order valence-corrected chi connectivity index (χ0v) is 8.48. The third-order valence-electron chi connectivity index (χ3n) is 1.52. The van der Waals surface area contributed by atoms with E-state index in [-0.39, 0.29) is 15.5 Å². The van der Waals surface area contributed by atoms with Gasteiger partial charge in [-0.2, -0.15) is 0 Å². The fourth-order valence-corrected chi connectivity index (χ4v) is 3.30. The molecule has 1 aromatic rings. The van der Waals surface area contributed by atoms with Crippen molar-refractivity contribution in [1.82, 2.24) is 0 Å². The van der Waals surface area contributed by atoms with Crippen LogP contribution in [0.3, 0.4) is 0 Å². The highest BCUT2D eigenvalue weighted by atomic mass is 32.2. The molecule has 0 spiro atoms. The number of hydrogen-bond donors (Lipinski definition) is 1. The first-order valence-corrected chi connectivity index (χ1v) is 6.05. The highest BCUT2D eigenvalue weighted by molar-refractivity contribution is 7.93. The summed E-state index contributed by atoms with van der Waals surface area (Å²) in [5, 5.41) is 10.1. The van der Waals surface area contributed by atoms with Gasteiger partial charge in [0.2, 0.25) is 0 Å². The van der Waals surface area contributed by atoms with Gasteiger partial charge in [-0.1, -0.05) is 6.92 Å². The Hall–Kier alpha value is -0.880. The van der Waals surface area contributed by atoms with Crippen molar-refractivity contribution in [2.75, 3.05) is 5.75 Å². The summed E-state index contributed by atoms with van der Waals surface area (Å²) >= 11 is 0.941. The van der Waals surface area contributed by atoms with Gasteiger partial charge in [-0.15, -0.1) is 11.3 Å². The molecule has 72 valence electrons. The maximum absolute atomic E-state index is 11.3. The van der Waals surface area contributed by atoms with Crippen LogP contribution in [0.5, 0.6) is 0 Å². The van der Waals surface area contributed by atoms with Gasteiger partial charge in [0.05, 0.1) is 11.3 Å². The Kier molecular flexibility index (Phi) is 2.72. The molecule has 6 heteroatoms. The Morgan fingerprint density at radius 1 is 1.62 bits per heavy atom. The van der Waals surface area contributed by atoms with Gasteiger partial charge in [0.15, 0.2) is 9.84 Å². The molecule has 0 unspecified atom stereocenters. The van der Waals surface area contributed by atoms with Gasteiger partial charge in [-0.05, 0) is 11.4 Å². The normalized spacial score (nSPS) is 11.5. The number of rotatable bonds is 3. The van der Waals surface area contributed by atoms with Gasteiger partial charge in [-0.25, -0.2) is 13.2 Å². The second kappa shape index (κ2) is 3.47. The maximum Gasteiger partial charge on any atom is 0.337 e. The van der Waals surface area contributed by atoms with Crippen LogP contribution in [0.15, 0.2) is 15.7 Å². The standard InChI is InChI=1S/C7H8O4S2/c1-2-13(10,11)7-5(6(8)9)3-4-12-7/h3-4H,2H2,1H3,(H,8,9). The highest BCUT2D eigenvalue weighted by Crippen LogP contribution is 2.23. The zero-order chi connectivity index (χ0) is 10.1. The first-order valence-electron chi connectivity index (χ1n) is 3.52. The molecule has 0 aliphatic rings. The number of hydrogen-bond acceptors (Lipinski definition) is 4. The van der Waals surface area contributed by atoms with Crippen molar-refractivity contribution in [3.63, 3.8) is 0 Å². The summed E-state index contributed by atoms with van der Waals surface area (Å²) in [6.45, 7) is 1.49. The molecule has 1 heterocycles. The fraction of sp³-hybridized carbons (Fsp3) is 0.286. The summed E-state index contributed by atoms with van der Waals surface area (Å²) < 4.78 is 22.6. The van der Waals surface area contributed by atoms with Crippen molar-refractivity contribution in [2.45, 2.75) is 11.1 Å². The first kappa shape index (κ1) is 10.2. The SMILES string of the molecule is CCS(=O)(=O)c1sccc1C(=O)O. The number of carboxylic acid groups (broad SMARTS) is 1. The lowest BCUT2D eigenvalue weighted by molar-refractivity contribution is 0.0693. The number of thiophene rings is 1. The second-order valence-electron chi connectivity index (χ2n) is 2.33. The minimum absolute atomic E-state index is 0.0532. The smallest absolute Gasteiger partial charge is 0.337 e. The van der Waals surface area contributed by atoms with Gasteiger partial charge >= 0.3 is 5.97 Å². The molecule has 0 atom stereocenters. The van der Waals surface area contributed by atoms with Gasteiger partial charge in [0.25, 0.3) is 0 Å². The van der Waals surface area contributed by atoms with Gasteiger partial charge < -0.3 is 5.11 Å². The number of aromatic carboxylic acids is 1. The molecule has 0 aliphatic heterocycles. The summed E-state index contributed by atoms with van der Waals surface area (Å²) in [6, 6.07) is 1.30. The molecule has 0 saturated heterocycles. The van der Waals surface area contributed by atoms with E-state index in [2.05, 4.69) is 0 Å². The highest BCUT2D eigenvalue weighted by Gasteiger charge is 2.21. The molecule has 0 bridgehead atoms. The van der Waals surface area contributed by atoms with Crippen LogP contribution in [0.4, 0.5) is 0 Å². The molecule has 0 saturated carbocycles. The molecular formula is C7H8O4S2. The average Bonchev–Trinajstić information content (AvgIpc) is 2.52. The Balaban J connectivity index is 3.31. The van der Waals surface area contributed by atoms with Crippen molar-refractivity contribution in [3.8, 4) is 0 Å². The van der Waals surface area contributed by atoms with Crippen LogP contribution in [-0.4, -0.2) is 25.2 Å². The average molecular weight is 220 g/mol. The summed E-state index contributed by atoms with van der Waals surface area (Å²) in [5.74, 6) is -1.28. The Labute approximate surface area is 79.7 Å². The van der Waals surface area contributed by atoms with Crippen molar-refractivity contribution in [2.24, 2.45) is 0 Å². The van der Waals surface area contributed by atoms with E-state index in [0.717, 1.165) is 11.3 Å². The van der Waals surface area contributed by atoms with Gasteiger partial charge in [0, 0.05) is 0 Å². The van der Waals surface area contributed by atoms with Crippen LogP contribution in [-0.2, 0) is 9.84 Å². The van der Waals surface area contributed by atoms with E-state index in [1.54, 1.807) is 0 Å². The van der Waals surface area contributed by atoms with Crippen LogP contribution < -0.4 is 0 Å². The lowest BCUT2D eigenvalue weighted by Gasteiger charge is -1.98. The van der Waals surface area contributed by atoms with Crippen LogP contribution in [0.1, 0.15) is 17.3 Å². The number of carbonyl (C=O) groups is 1. The van der Waals surface area contributed by atoms with Gasteiger partial charge in [-0.3, -0.25) is 0 Å². The summed E-state index contributed by atoms with van der Waals surface area (Å²) in [7, 11) is -3.39. The van der Waals surface area contributed by atoms with Crippen LogP contribution in [0, 0.1) is 0 Å². The van der Waals surface area contributed by atoms with E-state index in [0.29, 0.717) is 0 Å². The molecule has 1 aromatic heterocycles. The number of sulfone groups is 1. The van der Waals surface area contributed by atoms with Crippen molar-refractivity contribution in [3.05, 3.63) is 17.0 Å². The monoisotopic (exact) mass is 220 g/mol. The molecule has 4 nitrogen and oxygen atoms in total. The molecule has 0 aromatic carbocycles. The van der Waals surface area contributed by atoms with Crippen molar-refractivity contribution < 1.29 is 18.3 Å². The topological polar surface area (TPSA) is 71.4 Å². The van der Waals surface area contributed by atoms with E-state index in [9.17, 15) is 13.2 Å². The minimum Gasteiger partial charge on any atom is -0.478 e. The lowest BCUT2D eigenvalue weighted by Crippen LogP contribution is -2.07. The quantitative estimate of drug-likeness (QED) is 0.831. The molecule has 0 aliphatic carbocycles. The summed E-state index contributed by atoms with van der Waals surface area (Å²) in [5.41, 5.74) is -0.133. The Bertz CT molecular complexity index is 415. The Morgan fingerprint density at radius 2 is 2.23 bits per heavy atom. The van der Waals surface area contributed by atoms with E-state index in [1.807, 2.05) is 0 Å². The molecule has 0 amide bonds. The lowest BCUT2D eigenvalue weighted by atomic mass is 10.4. The zero-order valence-electron chi connectivity index (χ0n) is 6.85. The largest absolute Gasteiger partial charge is 0.478 e. The fourth-order valence-electron chi connectivity index (χ4n) is 0.826. The summed E-state index contributed by atoms with van der Waals surface area (Å²) in [4.78, 5) is 10.6. The van der Waals surface area contributed by atoms with E-state index < -0.39 is 15.8 Å². The third kappa shape index (κ3) is 1.89. The number of carboxylic acids is 1. The van der Waals surface area contributed by atoms with Crippen LogP contribution >= 0.6 is 11.3 Å². The predicted octanol–water partition coefficient (Wildman–Crippen LogP) is 1.24. The minimum atomic E-state index is -3.39. The van der Waals surface area contributed by atoms with E-state index >= 15 is 0 Å². The summed E-state index contributed by atoms with van der Waals surface area (Å²) in [6.07, 6.45) is 0. The molecule has 0 fully saturated rings. The molecule has 1 rings (SSSR count). The molecule has 13 heavy (non-hydrogen) atoms. The maximum atomic E-state index is 11.3. The van der Waals surface area contributed by atoms with E-state index in [1.165, 1.54) is 18.4 Å². The van der Waals surface area contributed by atoms with Crippen LogP contribution in [0.2, 0.25) is 0 Å².